The van der Waals surface area contributed by atoms with Crippen molar-refractivity contribution in [1.29, 1.82) is 0 Å². The second-order valence-electron chi connectivity index (χ2n) is 14.3. The average Bonchev–Trinajstić information content (AvgIpc) is 3.73. The van der Waals surface area contributed by atoms with Gasteiger partial charge in [-0.05, 0) is 100 Å². The quantitative estimate of drug-likeness (QED) is 0.252. The summed E-state index contributed by atoms with van der Waals surface area (Å²) in [6.45, 7) is 16.7. The number of carbonyl (C=O) groups is 2. The number of methoxy groups -OCH3 is 1. The van der Waals surface area contributed by atoms with Gasteiger partial charge in [0.2, 0.25) is 0 Å². The zero-order chi connectivity index (χ0) is 32.0. The van der Waals surface area contributed by atoms with E-state index in [0.29, 0.717) is 18.7 Å². The molecule has 7 nitrogen and oxygen atoms in total. The van der Waals surface area contributed by atoms with Gasteiger partial charge in [-0.15, -0.1) is 0 Å². The van der Waals surface area contributed by atoms with E-state index in [2.05, 4.69) is 81.9 Å². The monoisotopic (exact) mass is 595 g/mol. The van der Waals surface area contributed by atoms with Gasteiger partial charge in [0, 0.05) is 41.1 Å². The molecule has 0 spiro atoms. The molecule has 3 N–H and O–H groups in total. The highest BCUT2D eigenvalue weighted by Crippen LogP contribution is 2.56. The molecule has 2 aliphatic rings. The SMILES string of the molecule is CCC1(c2cc(-c3cc(C(=O)NCC(C)(C)NC)c(C)n3CC3CCCCC3)cc(C(C)(C)C)c2OC)CC1.O=CCO. The Morgan fingerprint density at radius 2 is 1.74 bits per heavy atom. The van der Waals surface area contributed by atoms with Gasteiger partial charge in [-0.25, -0.2) is 0 Å². The fourth-order valence-corrected chi connectivity index (χ4v) is 6.37. The number of hydrogen-bond acceptors (Lipinski definition) is 5. The fourth-order valence-electron chi connectivity index (χ4n) is 6.37. The first-order valence-corrected chi connectivity index (χ1v) is 16.2. The Labute approximate surface area is 260 Å². The maximum absolute atomic E-state index is 13.6. The number of benzene rings is 1. The average molecular weight is 596 g/mol. The van der Waals surface area contributed by atoms with Crippen LogP contribution in [0.4, 0.5) is 0 Å². The summed E-state index contributed by atoms with van der Waals surface area (Å²) < 4.78 is 8.59. The lowest BCUT2D eigenvalue weighted by molar-refractivity contribution is -0.110. The number of ether oxygens (including phenoxy) is 1. The maximum atomic E-state index is 13.6. The van der Waals surface area contributed by atoms with E-state index in [-0.39, 0.29) is 28.9 Å². The third kappa shape index (κ3) is 8.30. The minimum absolute atomic E-state index is 0.0106. The molecule has 1 aromatic heterocycles. The second-order valence-corrected chi connectivity index (χ2v) is 14.3. The van der Waals surface area contributed by atoms with Gasteiger partial charge >= 0.3 is 0 Å². The molecule has 0 atom stereocenters. The summed E-state index contributed by atoms with van der Waals surface area (Å²) in [5.41, 5.74) is 6.82. The summed E-state index contributed by atoms with van der Waals surface area (Å²) in [4.78, 5) is 22.5. The lowest BCUT2D eigenvalue weighted by Gasteiger charge is -2.29. The van der Waals surface area contributed by atoms with Gasteiger partial charge < -0.3 is 29.8 Å². The first kappa shape index (κ1) is 34.8. The van der Waals surface area contributed by atoms with Crippen LogP contribution in [0.15, 0.2) is 18.2 Å². The van der Waals surface area contributed by atoms with Gasteiger partial charge in [-0.1, -0.05) is 47.0 Å². The zero-order valence-electron chi connectivity index (χ0n) is 28.3. The lowest BCUT2D eigenvalue weighted by atomic mass is 9.80. The van der Waals surface area contributed by atoms with Crippen molar-refractivity contribution in [2.24, 2.45) is 5.92 Å². The molecule has 0 unspecified atom stereocenters. The molecule has 2 saturated carbocycles. The van der Waals surface area contributed by atoms with Crippen LogP contribution in [0.1, 0.15) is 120 Å². The minimum atomic E-state index is -0.361. The summed E-state index contributed by atoms with van der Waals surface area (Å²) in [5, 5.41) is 14.0. The van der Waals surface area contributed by atoms with Crippen molar-refractivity contribution >= 4 is 12.2 Å². The molecule has 1 amide bonds. The van der Waals surface area contributed by atoms with Gasteiger partial charge in [0.25, 0.3) is 5.91 Å². The topological polar surface area (TPSA) is 92.6 Å². The van der Waals surface area contributed by atoms with E-state index in [9.17, 15) is 4.79 Å². The number of nitrogens with zero attached hydrogens (tertiary/aromatic N) is 1. The number of rotatable bonds is 11. The molecular weight excluding hydrogens is 538 g/mol. The van der Waals surface area contributed by atoms with E-state index in [4.69, 9.17) is 14.6 Å². The standard InChI is InChI=1S/C34H53N3O2.C2H4O2/c1-10-34(16-17-34)28-19-25(18-27(30(28)39-9)32(3,4)5)29-20-26(31(38)36-22-33(6,7)35-8)23(2)37(29)21-24-14-12-11-13-15-24;3-1-2-4/h18-20,24,35H,10-17,21-22H2,1-9H3,(H,36,38);1,4H,2H2. The van der Waals surface area contributed by atoms with E-state index in [0.717, 1.165) is 35.7 Å². The highest BCUT2D eigenvalue weighted by Gasteiger charge is 2.45. The Hall–Kier alpha value is -2.64. The van der Waals surface area contributed by atoms with Crippen LogP contribution in [-0.4, -0.2) is 54.7 Å². The van der Waals surface area contributed by atoms with Gasteiger partial charge in [0.05, 0.1) is 19.3 Å². The van der Waals surface area contributed by atoms with Crippen molar-refractivity contribution in [3.8, 4) is 17.0 Å². The molecule has 0 aliphatic heterocycles. The molecule has 2 aromatic rings. The van der Waals surface area contributed by atoms with Crippen LogP contribution in [0.5, 0.6) is 5.75 Å². The molecule has 0 bridgehead atoms. The molecule has 0 saturated heterocycles. The number of aldehydes is 1. The Kier molecular flexibility index (Phi) is 11.7. The predicted octanol–water partition coefficient (Wildman–Crippen LogP) is 6.70. The van der Waals surface area contributed by atoms with E-state index in [1.165, 1.54) is 61.6 Å². The van der Waals surface area contributed by atoms with E-state index in [1.54, 1.807) is 0 Å². The zero-order valence-corrected chi connectivity index (χ0v) is 28.3. The van der Waals surface area contributed by atoms with Crippen LogP contribution in [0, 0.1) is 12.8 Å². The number of carbonyl (C=O) groups excluding carboxylic acids is 2. The molecule has 1 heterocycles. The van der Waals surface area contributed by atoms with Crippen LogP contribution in [0.25, 0.3) is 11.3 Å². The van der Waals surface area contributed by atoms with Crippen LogP contribution < -0.4 is 15.4 Å². The number of aromatic nitrogens is 1. The van der Waals surface area contributed by atoms with Gasteiger partial charge in [0.1, 0.15) is 12.0 Å². The first-order chi connectivity index (χ1) is 20.3. The van der Waals surface area contributed by atoms with Crippen molar-refractivity contribution in [2.45, 2.75) is 123 Å². The molecule has 0 radical (unpaired) electrons. The highest BCUT2D eigenvalue weighted by atomic mass is 16.5. The summed E-state index contributed by atoms with van der Waals surface area (Å²) in [7, 11) is 3.76. The van der Waals surface area contributed by atoms with Gasteiger partial charge in [-0.3, -0.25) is 4.79 Å². The summed E-state index contributed by atoms with van der Waals surface area (Å²) in [5.74, 6) is 1.73. The highest BCUT2D eigenvalue weighted by molar-refractivity contribution is 5.97. The summed E-state index contributed by atoms with van der Waals surface area (Å²) in [6.07, 6.45) is 10.5. The number of aliphatic hydroxyl groups excluding tert-OH is 1. The third-order valence-corrected chi connectivity index (χ3v) is 9.72. The maximum Gasteiger partial charge on any atom is 0.253 e. The van der Waals surface area contributed by atoms with Crippen LogP contribution >= 0.6 is 0 Å². The van der Waals surface area contributed by atoms with E-state index in [1.807, 2.05) is 14.2 Å². The fraction of sp³-hybridized carbons (Fsp3) is 0.667. The summed E-state index contributed by atoms with van der Waals surface area (Å²) in [6, 6.07) is 6.89. The van der Waals surface area contributed by atoms with Crippen molar-refractivity contribution < 1.29 is 19.4 Å². The summed E-state index contributed by atoms with van der Waals surface area (Å²) >= 11 is 0. The first-order valence-electron chi connectivity index (χ1n) is 16.2. The molecule has 2 aliphatic carbocycles. The lowest BCUT2D eigenvalue weighted by Crippen LogP contribution is -2.47. The van der Waals surface area contributed by atoms with Crippen LogP contribution in [-0.2, 0) is 22.2 Å². The largest absolute Gasteiger partial charge is 0.496 e. The molecule has 43 heavy (non-hydrogen) atoms. The minimum Gasteiger partial charge on any atom is -0.496 e. The Morgan fingerprint density at radius 1 is 1.12 bits per heavy atom. The van der Waals surface area contributed by atoms with Gasteiger partial charge in [0.15, 0.2) is 0 Å². The van der Waals surface area contributed by atoms with E-state index >= 15 is 0 Å². The Balaban J connectivity index is 0.00000119. The van der Waals surface area contributed by atoms with Gasteiger partial charge in [-0.2, -0.15) is 0 Å². The number of nitrogens with one attached hydrogen (secondary N) is 2. The smallest absolute Gasteiger partial charge is 0.253 e. The van der Waals surface area contributed by atoms with E-state index < -0.39 is 0 Å². The molecule has 2 fully saturated rings. The third-order valence-electron chi connectivity index (χ3n) is 9.72. The molecular formula is C36H57N3O4. The number of hydrogen-bond donors (Lipinski definition) is 3. The Morgan fingerprint density at radius 3 is 2.23 bits per heavy atom. The molecule has 240 valence electrons. The predicted molar refractivity (Wildman–Crippen MR) is 176 cm³/mol. The Bertz CT molecular complexity index is 1240. The molecule has 7 heteroatoms. The number of likely N-dealkylation sites (N-methyl/N-ethyl adjacent to an activating group) is 1. The second kappa shape index (κ2) is 14.4. The number of amides is 1. The van der Waals surface area contributed by atoms with Crippen LogP contribution in [0.2, 0.25) is 0 Å². The van der Waals surface area contributed by atoms with Crippen molar-refractivity contribution in [3.05, 3.63) is 40.6 Å². The van der Waals surface area contributed by atoms with Crippen molar-refractivity contribution in [1.82, 2.24) is 15.2 Å². The molecule has 1 aromatic carbocycles. The van der Waals surface area contributed by atoms with Crippen LogP contribution in [0.3, 0.4) is 0 Å². The van der Waals surface area contributed by atoms with Crippen molar-refractivity contribution in [2.75, 3.05) is 27.3 Å². The number of aliphatic hydroxyl groups is 1. The van der Waals surface area contributed by atoms with Crippen molar-refractivity contribution in [3.63, 3.8) is 0 Å². The molecule has 4 rings (SSSR count). The normalized spacial score (nSPS) is 16.7.